The van der Waals surface area contributed by atoms with Crippen molar-refractivity contribution in [1.82, 2.24) is 4.90 Å². The number of nitrogens with zero attached hydrogens (tertiary/aromatic N) is 1. The predicted molar refractivity (Wildman–Crippen MR) is 89.5 cm³/mol. The van der Waals surface area contributed by atoms with Gasteiger partial charge in [-0.05, 0) is 26.0 Å². The van der Waals surface area contributed by atoms with Crippen LogP contribution in [0.15, 0.2) is 24.3 Å². The van der Waals surface area contributed by atoms with Crippen LogP contribution in [0.3, 0.4) is 0 Å². The van der Waals surface area contributed by atoms with Crippen molar-refractivity contribution < 1.29 is 9.53 Å². The molecule has 0 aromatic heterocycles. The number of hydrogen-bond donors (Lipinski definition) is 2. The highest BCUT2D eigenvalue weighted by atomic mass is 32.1. The number of amides is 1. The summed E-state index contributed by atoms with van der Waals surface area (Å²) < 4.78 is 5.06. The van der Waals surface area contributed by atoms with Crippen molar-refractivity contribution in [2.45, 2.75) is 19.9 Å². The van der Waals surface area contributed by atoms with Gasteiger partial charge in [-0.25, -0.2) is 0 Å². The van der Waals surface area contributed by atoms with E-state index >= 15 is 0 Å². The summed E-state index contributed by atoms with van der Waals surface area (Å²) in [6, 6.07) is 7.49. The second kappa shape index (κ2) is 8.71. The number of nitrogens with one attached hydrogen (secondary N) is 1. The summed E-state index contributed by atoms with van der Waals surface area (Å²) in [6.45, 7) is 5.74. The van der Waals surface area contributed by atoms with Crippen molar-refractivity contribution in [2.24, 2.45) is 5.73 Å². The van der Waals surface area contributed by atoms with Crippen molar-refractivity contribution in [1.29, 1.82) is 0 Å². The largest absolute Gasteiger partial charge is 0.389 e. The Labute approximate surface area is 131 Å². The number of thiocarbonyl (C=S) groups is 1. The van der Waals surface area contributed by atoms with E-state index in [0.29, 0.717) is 30.4 Å². The Morgan fingerprint density at radius 3 is 2.76 bits per heavy atom. The fourth-order valence-corrected chi connectivity index (χ4v) is 1.99. The Morgan fingerprint density at radius 1 is 1.48 bits per heavy atom. The van der Waals surface area contributed by atoms with Crippen molar-refractivity contribution in [3.8, 4) is 0 Å². The number of rotatable bonds is 8. The molecule has 1 rings (SSSR count). The molecular weight excluding hydrogens is 286 g/mol. The van der Waals surface area contributed by atoms with Crippen molar-refractivity contribution in [3.63, 3.8) is 0 Å². The lowest BCUT2D eigenvalue weighted by Crippen LogP contribution is -2.40. The third-order valence-electron chi connectivity index (χ3n) is 3.09. The van der Waals surface area contributed by atoms with Gasteiger partial charge in [-0.1, -0.05) is 24.4 Å². The lowest BCUT2D eigenvalue weighted by molar-refractivity contribution is -0.117. The smallest absolute Gasteiger partial charge is 0.238 e. The lowest BCUT2D eigenvalue weighted by atomic mass is 10.2. The molecular formula is C15H23N3O2S. The minimum atomic E-state index is -0.0695. The Morgan fingerprint density at radius 2 is 2.19 bits per heavy atom. The SMILES string of the molecule is COCCN(CC(=O)Nc1cccc(C(N)=S)c1)C(C)C. The first kappa shape index (κ1) is 17.6. The first-order valence-electron chi connectivity index (χ1n) is 6.86. The van der Waals surface area contributed by atoms with Crippen LogP contribution in [0, 0.1) is 0 Å². The Balaban J connectivity index is 2.63. The zero-order valence-corrected chi connectivity index (χ0v) is 13.6. The van der Waals surface area contributed by atoms with Crippen LogP contribution in [0.25, 0.3) is 0 Å². The van der Waals surface area contributed by atoms with Crippen LogP contribution in [0.1, 0.15) is 19.4 Å². The van der Waals surface area contributed by atoms with E-state index in [4.69, 9.17) is 22.7 Å². The lowest BCUT2D eigenvalue weighted by Gasteiger charge is -2.25. The molecule has 0 bridgehead atoms. The van der Waals surface area contributed by atoms with Gasteiger partial charge < -0.3 is 15.8 Å². The van der Waals surface area contributed by atoms with Crippen LogP contribution < -0.4 is 11.1 Å². The number of carbonyl (C=O) groups excluding carboxylic acids is 1. The van der Waals surface area contributed by atoms with Gasteiger partial charge in [-0.2, -0.15) is 0 Å². The van der Waals surface area contributed by atoms with E-state index in [1.54, 1.807) is 13.2 Å². The zero-order chi connectivity index (χ0) is 15.8. The Bertz CT molecular complexity index is 492. The molecule has 0 saturated carbocycles. The van der Waals surface area contributed by atoms with Gasteiger partial charge in [-0.3, -0.25) is 9.69 Å². The first-order valence-corrected chi connectivity index (χ1v) is 7.27. The van der Waals surface area contributed by atoms with Crippen LogP contribution in [-0.2, 0) is 9.53 Å². The zero-order valence-electron chi connectivity index (χ0n) is 12.8. The minimum absolute atomic E-state index is 0.0695. The fourth-order valence-electron chi connectivity index (χ4n) is 1.86. The maximum Gasteiger partial charge on any atom is 0.238 e. The molecule has 0 radical (unpaired) electrons. The number of ether oxygens (including phenoxy) is 1. The second-order valence-electron chi connectivity index (χ2n) is 5.05. The third kappa shape index (κ3) is 6.20. The molecule has 1 aromatic carbocycles. The molecule has 0 atom stereocenters. The van der Waals surface area contributed by atoms with Crippen molar-refractivity contribution >= 4 is 28.8 Å². The van der Waals surface area contributed by atoms with Gasteiger partial charge in [0.15, 0.2) is 0 Å². The van der Waals surface area contributed by atoms with Crippen LogP contribution in [0.2, 0.25) is 0 Å². The molecule has 116 valence electrons. The summed E-state index contributed by atoms with van der Waals surface area (Å²) in [6.07, 6.45) is 0. The summed E-state index contributed by atoms with van der Waals surface area (Å²) in [5.74, 6) is -0.0695. The van der Waals surface area contributed by atoms with Gasteiger partial charge >= 0.3 is 0 Å². The molecule has 0 aliphatic heterocycles. The molecule has 1 amide bonds. The molecule has 1 aromatic rings. The standard InChI is InChI=1S/C15H23N3O2S/c1-11(2)18(7-8-20-3)10-14(19)17-13-6-4-5-12(9-13)15(16)21/h4-6,9,11H,7-8,10H2,1-3H3,(H2,16,21)(H,17,19). The van der Waals surface area contributed by atoms with Crippen LogP contribution in [0.5, 0.6) is 0 Å². The van der Waals surface area contributed by atoms with E-state index in [2.05, 4.69) is 24.1 Å². The van der Waals surface area contributed by atoms with E-state index in [1.165, 1.54) is 0 Å². The number of hydrogen-bond acceptors (Lipinski definition) is 4. The van der Waals surface area contributed by atoms with Crippen LogP contribution in [-0.4, -0.2) is 48.6 Å². The molecule has 6 heteroatoms. The normalized spacial score (nSPS) is 10.9. The predicted octanol–water partition coefficient (Wildman–Crippen LogP) is 1.62. The monoisotopic (exact) mass is 309 g/mol. The molecule has 5 nitrogen and oxygen atoms in total. The van der Waals surface area contributed by atoms with Gasteiger partial charge in [0.2, 0.25) is 5.91 Å². The Kier molecular flexibility index (Phi) is 7.28. The van der Waals surface area contributed by atoms with E-state index in [9.17, 15) is 4.79 Å². The van der Waals surface area contributed by atoms with Crippen LogP contribution >= 0.6 is 12.2 Å². The van der Waals surface area contributed by atoms with Gasteiger partial charge in [-0.15, -0.1) is 0 Å². The van der Waals surface area contributed by atoms with Gasteiger partial charge in [0.25, 0.3) is 0 Å². The quantitative estimate of drug-likeness (QED) is 0.714. The molecule has 3 N–H and O–H groups in total. The average Bonchev–Trinajstić information content (AvgIpc) is 2.43. The second-order valence-corrected chi connectivity index (χ2v) is 5.49. The number of carbonyl (C=O) groups is 1. The van der Waals surface area contributed by atoms with Gasteiger partial charge in [0, 0.05) is 30.9 Å². The van der Waals surface area contributed by atoms with Crippen molar-refractivity contribution in [3.05, 3.63) is 29.8 Å². The third-order valence-corrected chi connectivity index (χ3v) is 3.33. The molecule has 0 heterocycles. The van der Waals surface area contributed by atoms with E-state index < -0.39 is 0 Å². The summed E-state index contributed by atoms with van der Waals surface area (Å²) in [5.41, 5.74) is 7.02. The fraction of sp³-hybridized carbons (Fsp3) is 0.467. The highest BCUT2D eigenvalue weighted by Crippen LogP contribution is 2.11. The van der Waals surface area contributed by atoms with Crippen molar-refractivity contribution in [2.75, 3.05) is 32.1 Å². The van der Waals surface area contributed by atoms with E-state index in [-0.39, 0.29) is 11.9 Å². The van der Waals surface area contributed by atoms with Crippen LogP contribution in [0.4, 0.5) is 5.69 Å². The minimum Gasteiger partial charge on any atom is -0.389 e. The number of anilines is 1. The molecule has 0 spiro atoms. The highest BCUT2D eigenvalue weighted by molar-refractivity contribution is 7.80. The summed E-state index contributed by atoms with van der Waals surface area (Å²) in [4.78, 5) is 14.5. The summed E-state index contributed by atoms with van der Waals surface area (Å²) >= 11 is 4.93. The molecule has 21 heavy (non-hydrogen) atoms. The maximum absolute atomic E-state index is 12.1. The molecule has 0 aliphatic rings. The topological polar surface area (TPSA) is 67.6 Å². The molecule has 0 fully saturated rings. The van der Waals surface area contributed by atoms with E-state index in [1.807, 2.05) is 18.2 Å². The average molecular weight is 309 g/mol. The highest BCUT2D eigenvalue weighted by Gasteiger charge is 2.14. The molecule has 0 saturated heterocycles. The van der Waals surface area contributed by atoms with Gasteiger partial charge in [0.05, 0.1) is 13.2 Å². The molecule has 0 unspecified atom stereocenters. The summed E-state index contributed by atoms with van der Waals surface area (Å²) in [5, 5.41) is 2.86. The number of nitrogens with two attached hydrogens (primary N) is 1. The molecule has 0 aliphatic carbocycles. The first-order chi connectivity index (χ1) is 9.93. The summed E-state index contributed by atoms with van der Waals surface area (Å²) in [7, 11) is 1.65. The Hall–Kier alpha value is -1.50. The van der Waals surface area contributed by atoms with Gasteiger partial charge in [0.1, 0.15) is 4.99 Å². The maximum atomic E-state index is 12.1. The number of benzene rings is 1. The number of methoxy groups -OCH3 is 1. The van der Waals surface area contributed by atoms with E-state index in [0.717, 1.165) is 5.56 Å².